The van der Waals surface area contributed by atoms with Gasteiger partial charge < -0.3 is 11.1 Å². The number of para-hydroxylation sites is 1. The Kier molecular flexibility index (Phi) is 2.30. The number of carbonyl (C=O) groups is 1. The minimum absolute atomic E-state index is 0. The van der Waals surface area contributed by atoms with Crippen LogP contribution < -0.4 is 11.1 Å². The molecule has 1 rings (SSSR count). The molecule has 0 fully saturated rings. The SMILES string of the molecule is Cl.[2H]C([2H])([2H])c1cccc(C([2H])([2H])[2H])c1NC(=O)CN. The fourth-order valence-corrected chi connectivity index (χ4v) is 0.877. The maximum absolute atomic E-state index is 11.3. The molecule has 0 saturated carbocycles. The van der Waals surface area contributed by atoms with Crippen LogP contribution in [-0.4, -0.2) is 12.5 Å². The molecule has 3 nitrogen and oxygen atoms in total. The molecule has 0 unspecified atom stereocenters. The second-order valence-electron chi connectivity index (χ2n) is 2.48. The number of hydrogen-bond donors (Lipinski definition) is 2. The summed E-state index contributed by atoms with van der Waals surface area (Å²) in [7, 11) is 0. The first kappa shape index (κ1) is 5.73. The molecule has 0 bridgehead atoms. The normalized spacial score (nSPS) is 17.2. The number of anilines is 1. The van der Waals surface area contributed by atoms with Gasteiger partial charge in [-0.15, -0.1) is 12.4 Å². The van der Waals surface area contributed by atoms with Crippen molar-refractivity contribution in [3.8, 4) is 0 Å². The Balaban J connectivity index is 0.00000361. The summed E-state index contributed by atoms with van der Waals surface area (Å²) in [6.07, 6.45) is 0. The van der Waals surface area contributed by atoms with Gasteiger partial charge in [0.15, 0.2) is 0 Å². The fraction of sp³-hybridized carbons (Fsp3) is 0.300. The van der Waals surface area contributed by atoms with Crippen LogP contribution in [0.25, 0.3) is 0 Å². The number of nitrogens with one attached hydrogen (secondary N) is 1. The minimum atomic E-state index is -2.53. The van der Waals surface area contributed by atoms with E-state index in [1.807, 2.05) is 0 Å². The summed E-state index contributed by atoms with van der Waals surface area (Å²) in [4.78, 5) is 11.3. The van der Waals surface area contributed by atoms with E-state index in [0.29, 0.717) is 0 Å². The van der Waals surface area contributed by atoms with Gasteiger partial charge in [0.1, 0.15) is 0 Å². The van der Waals surface area contributed by atoms with Crippen LogP contribution in [0.3, 0.4) is 0 Å². The van der Waals surface area contributed by atoms with Gasteiger partial charge in [-0.3, -0.25) is 4.79 Å². The zero-order chi connectivity index (χ0) is 14.8. The van der Waals surface area contributed by atoms with Crippen LogP contribution in [0.1, 0.15) is 19.4 Å². The Morgan fingerprint density at radius 2 is 2.07 bits per heavy atom. The van der Waals surface area contributed by atoms with Gasteiger partial charge in [0.2, 0.25) is 5.91 Å². The topological polar surface area (TPSA) is 55.1 Å². The van der Waals surface area contributed by atoms with Gasteiger partial charge in [-0.1, -0.05) is 18.2 Å². The van der Waals surface area contributed by atoms with Crippen LogP contribution in [0.15, 0.2) is 18.2 Å². The predicted molar refractivity (Wildman–Crippen MR) is 60.8 cm³/mol. The molecule has 0 aliphatic rings. The Morgan fingerprint density at radius 3 is 2.50 bits per heavy atom. The standard InChI is InChI=1S/C10H14N2O.ClH/c1-7-4-3-5-8(2)10(7)12-9(13)6-11;/h3-5H,6,11H2,1-2H3,(H,12,13);1H/i1D3,2D3;. The molecule has 4 heteroatoms. The van der Waals surface area contributed by atoms with Crippen LogP contribution >= 0.6 is 12.4 Å². The van der Waals surface area contributed by atoms with Gasteiger partial charge in [0, 0.05) is 13.9 Å². The van der Waals surface area contributed by atoms with Crippen molar-refractivity contribution in [2.75, 3.05) is 11.9 Å². The molecule has 0 aliphatic heterocycles. The molecule has 0 heterocycles. The smallest absolute Gasteiger partial charge is 0.238 e. The lowest BCUT2D eigenvalue weighted by Gasteiger charge is -2.09. The number of nitrogens with two attached hydrogens (primary N) is 1. The van der Waals surface area contributed by atoms with Crippen LogP contribution in [0.4, 0.5) is 5.69 Å². The van der Waals surface area contributed by atoms with Gasteiger partial charge in [0.25, 0.3) is 0 Å². The third-order valence-corrected chi connectivity index (χ3v) is 1.51. The van der Waals surface area contributed by atoms with E-state index in [9.17, 15) is 4.79 Å². The zero-order valence-electron chi connectivity index (χ0n) is 13.3. The Labute approximate surface area is 98.5 Å². The van der Waals surface area contributed by atoms with E-state index < -0.39 is 19.6 Å². The summed E-state index contributed by atoms with van der Waals surface area (Å²) in [5, 5.41) is 2.26. The third kappa shape index (κ3) is 3.01. The molecule has 0 aromatic heterocycles. The summed E-state index contributed by atoms with van der Waals surface area (Å²) in [5.74, 6) is -0.651. The maximum Gasteiger partial charge on any atom is 0.238 e. The van der Waals surface area contributed by atoms with E-state index in [2.05, 4.69) is 5.32 Å². The molecule has 1 aromatic rings. The maximum atomic E-state index is 11.3. The summed E-state index contributed by atoms with van der Waals surface area (Å²) in [5.41, 5.74) is 4.50. The molecule has 0 radical (unpaired) electrons. The first-order valence-electron chi connectivity index (χ1n) is 6.71. The number of amides is 1. The number of halogens is 1. The molecule has 1 amide bonds. The largest absolute Gasteiger partial charge is 0.324 e. The molecule has 14 heavy (non-hydrogen) atoms. The highest BCUT2D eigenvalue weighted by Crippen LogP contribution is 2.18. The Hall–Kier alpha value is -1.06. The van der Waals surface area contributed by atoms with Crippen molar-refractivity contribution in [3.05, 3.63) is 29.3 Å². The Bertz CT molecular complexity index is 453. The van der Waals surface area contributed by atoms with E-state index in [4.69, 9.17) is 14.0 Å². The van der Waals surface area contributed by atoms with E-state index >= 15 is 0 Å². The molecule has 0 spiro atoms. The number of aryl methyl sites for hydroxylation is 2. The second-order valence-corrected chi connectivity index (χ2v) is 2.48. The summed E-state index contributed by atoms with van der Waals surface area (Å²) in [6, 6.07) is 3.85. The highest BCUT2D eigenvalue weighted by Gasteiger charge is 2.04. The fourth-order valence-electron chi connectivity index (χ4n) is 0.877. The van der Waals surface area contributed by atoms with Crippen molar-refractivity contribution in [1.82, 2.24) is 0 Å². The summed E-state index contributed by atoms with van der Waals surface area (Å²) < 4.78 is 44.3. The van der Waals surface area contributed by atoms with Crippen molar-refractivity contribution < 1.29 is 13.0 Å². The van der Waals surface area contributed by atoms with E-state index in [0.717, 1.165) is 0 Å². The molecule has 78 valence electrons. The number of hydrogen-bond acceptors (Lipinski definition) is 2. The minimum Gasteiger partial charge on any atom is -0.324 e. The highest BCUT2D eigenvalue weighted by molar-refractivity contribution is 5.93. The van der Waals surface area contributed by atoms with Crippen molar-refractivity contribution in [1.29, 1.82) is 0 Å². The van der Waals surface area contributed by atoms with Gasteiger partial charge in [0.05, 0.1) is 6.54 Å². The number of carbonyl (C=O) groups excluding carboxylic acids is 1. The van der Waals surface area contributed by atoms with Crippen molar-refractivity contribution >= 4 is 24.0 Å². The van der Waals surface area contributed by atoms with Crippen molar-refractivity contribution in [2.24, 2.45) is 5.73 Å². The molecule has 0 atom stereocenters. The van der Waals surface area contributed by atoms with Crippen molar-refractivity contribution in [3.63, 3.8) is 0 Å². The first-order chi connectivity index (χ1) is 8.57. The quantitative estimate of drug-likeness (QED) is 0.796. The van der Waals surface area contributed by atoms with Crippen LogP contribution in [0, 0.1) is 13.7 Å². The van der Waals surface area contributed by atoms with Gasteiger partial charge in [-0.05, 0) is 24.8 Å². The lowest BCUT2D eigenvalue weighted by Crippen LogP contribution is -2.22. The molecule has 1 aromatic carbocycles. The summed E-state index contributed by atoms with van der Waals surface area (Å²) >= 11 is 0. The van der Waals surface area contributed by atoms with Crippen LogP contribution in [0.2, 0.25) is 0 Å². The second kappa shape index (κ2) is 5.62. The van der Waals surface area contributed by atoms with Crippen molar-refractivity contribution in [2.45, 2.75) is 13.7 Å². The predicted octanol–water partition coefficient (Wildman–Crippen LogP) is 1.62. The molecule has 0 saturated heterocycles. The van der Waals surface area contributed by atoms with Gasteiger partial charge in [-0.25, -0.2) is 0 Å². The van der Waals surface area contributed by atoms with Gasteiger partial charge >= 0.3 is 0 Å². The monoisotopic (exact) mass is 220 g/mol. The lowest BCUT2D eigenvalue weighted by atomic mass is 10.1. The average Bonchev–Trinajstić information content (AvgIpc) is 2.26. The average molecular weight is 221 g/mol. The van der Waals surface area contributed by atoms with Crippen LogP contribution in [-0.2, 0) is 4.79 Å². The van der Waals surface area contributed by atoms with E-state index in [1.54, 1.807) is 0 Å². The van der Waals surface area contributed by atoms with Gasteiger partial charge in [-0.2, -0.15) is 0 Å². The molecular weight excluding hydrogens is 200 g/mol. The molecular formula is C10H15ClN2O. The zero-order valence-corrected chi connectivity index (χ0v) is 8.15. The molecule has 0 aliphatic carbocycles. The molecule has 3 N–H and O–H groups in total. The highest BCUT2D eigenvalue weighted by atomic mass is 35.5. The van der Waals surface area contributed by atoms with E-state index in [1.165, 1.54) is 18.2 Å². The number of rotatable bonds is 2. The van der Waals surface area contributed by atoms with Crippen LogP contribution in [0.5, 0.6) is 0 Å². The number of benzene rings is 1. The third-order valence-electron chi connectivity index (χ3n) is 1.51. The van der Waals surface area contributed by atoms with E-state index in [-0.39, 0.29) is 35.8 Å². The summed E-state index contributed by atoms with van der Waals surface area (Å²) in [6.45, 7) is -5.42. The lowest BCUT2D eigenvalue weighted by molar-refractivity contribution is -0.114. The first-order valence-corrected chi connectivity index (χ1v) is 3.71. The Morgan fingerprint density at radius 1 is 1.50 bits per heavy atom.